The van der Waals surface area contributed by atoms with Crippen molar-refractivity contribution in [3.8, 4) is 28.8 Å². The Kier molecular flexibility index (Phi) is 8.42. The highest BCUT2D eigenvalue weighted by molar-refractivity contribution is 7.91. The fraction of sp³-hybridized carbons (Fsp3) is 0.385. The molecule has 3 aromatic heterocycles. The molecule has 12 heteroatoms. The number of rotatable bonds is 12. The normalized spacial score (nSPS) is 12.4. The summed E-state index contributed by atoms with van der Waals surface area (Å²) in [4.78, 5) is 8.62. The molecule has 0 unspecified atom stereocenters. The van der Waals surface area contributed by atoms with Gasteiger partial charge in [0.2, 0.25) is 5.82 Å². The third kappa shape index (κ3) is 5.86. The van der Waals surface area contributed by atoms with Gasteiger partial charge in [0.05, 0.1) is 19.5 Å². The Morgan fingerprint density at radius 2 is 1.66 bits per heavy atom. The summed E-state index contributed by atoms with van der Waals surface area (Å²) in [5.41, 5.74) is 1.36. The van der Waals surface area contributed by atoms with E-state index in [1.54, 1.807) is 47.3 Å². The Bertz CT molecular complexity index is 1460. The maximum atomic E-state index is 13.8. The van der Waals surface area contributed by atoms with E-state index in [4.69, 9.17) is 18.6 Å². The predicted molar refractivity (Wildman–Crippen MR) is 140 cm³/mol. The molecular formula is C26H31N5O6S. The quantitative estimate of drug-likeness (QED) is 0.262. The maximum absolute atomic E-state index is 13.8. The van der Waals surface area contributed by atoms with Crippen LogP contribution < -0.4 is 9.47 Å². The molecule has 3 heterocycles. The number of hydrogen-bond donors (Lipinski definition) is 0. The minimum atomic E-state index is -3.78. The van der Waals surface area contributed by atoms with Crippen LogP contribution in [0, 0.1) is 13.8 Å². The minimum Gasteiger partial charge on any atom is -0.494 e. The zero-order chi connectivity index (χ0) is 27.3. The van der Waals surface area contributed by atoms with Crippen LogP contribution in [0.5, 0.6) is 11.5 Å². The Hall–Kier alpha value is -3.77. The van der Waals surface area contributed by atoms with Gasteiger partial charge in [0, 0.05) is 32.5 Å². The van der Waals surface area contributed by atoms with E-state index in [0.29, 0.717) is 40.4 Å². The molecule has 0 N–H and O–H groups in total. The molecule has 4 rings (SSSR count). The van der Waals surface area contributed by atoms with E-state index in [2.05, 4.69) is 20.2 Å². The van der Waals surface area contributed by atoms with E-state index in [1.807, 2.05) is 13.8 Å². The largest absolute Gasteiger partial charge is 0.494 e. The van der Waals surface area contributed by atoms with Crippen LogP contribution in [-0.2, 0) is 26.7 Å². The second-order valence-electron chi connectivity index (χ2n) is 8.79. The monoisotopic (exact) mass is 541 g/mol. The standard InChI is InChI=1S/C26H31N5O6S/c1-17-14-27-23(28-15-17)13-19(11-12-34-3)38(32,33)16-24-29-30-26(22-10-9-18(2)37-22)31(24)25-20(35-4)7-6-8-21(25)36-5/h6-10,14-15,19H,11-13,16H2,1-5H3/t19-/m0/s1. The SMILES string of the molecule is COCC[C@@H](Cc1ncc(C)cn1)S(=O)(=O)Cc1nnc(-c2ccc(C)o2)n1-c1c(OC)cccc1OC. The van der Waals surface area contributed by atoms with E-state index in [1.165, 1.54) is 21.3 Å². The maximum Gasteiger partial charge on any atom is 0.204 e. The number of ether oxygens (including phenoxy) is 3. The van der Waals surface area contributed by atoms with Crippen molar-refractivity contribution in [1.82, 2.24) is 24.7 Å². The highest BCUT2D eigenvalue weighted by Gasteiger charge is 2.32. The van der Waals surface area contributed by atoms with E-state index in [0.717, 1.165) is 5.56 Å². The van der Waals surface area contributed by atoms with Crippen molar-refractivity contribution >= 4 is 9.84 Å². The van der Waals surface area contributed by atoms with Gasteiger partial charge in [-0.1, -0.05) is 6.07 Å². The third-order valence-electron chi connectivity index (χ3n) is 6.04. The van der Waals surface area contributed by atoms with Gasteiger partial charge in [0.15, 0.2) is 21.4 Å². The fourth-order valence-electron chi connectivity index (χ4n) is 4.10. The summed E-state index contributed by atoms with van der Waals surface area (Å²) >= 11 is 0. The van der Waals surface area contributed by atoms with Gasteiger partial charge in [0.1, 0.15) is 34.5 Å². The lowest BCUT2D eigenvalue weighted by Crippen LogP contribution is -2.28. The first-order valence-corrected chi connectivity index (χ1v) is 13.7. The molecule has 0 aliphatic heterocycles. The molecule has 0 amide bonds. The Labute approximate surface area is 221 Å². The van der Waals surface area contributed by atoms with Gasteiger partial charge >= 0.3 is 0 Å². The highest BCUT2D eigenvalue weighted by Crippen LogP contribution is 2.37. The number of benzene rings is 1. The molecule has 1 atom stereocenters. The molecule has 1 aromatic carbocycles. The average molecular weight is 542 g/mol. The Balaban J connectivity index is 1.81. The molecule has 0 spiro atoms. The molecule has 38 heavy (non-hydrogen) atoms. The van der Waals surface area contributed by atoms with Crippen LogP contribution in [-0.4, -0.2) is 66.3 Å². The Morgan fingerprint density at radius 3 is 2.24 bits per heavy atom. The lowest BCUT2D eigenvalue weighted by molar-refractivity contribution is 0.193. The smallest absolute Gasteiger partial charge is 0.204 e. The van der Waals surface area contributed by atoms with Crippen LogP contribution in [0.4, 0.5) is 0 Å². The van der Waals surface area contributed by atoms with Gasteiger partial charge in [-0.25, -0.2) is 18.4 Å². The molecule has 0 aliphatic rings. The molecule has 4 aromatic rings. The van der Waals surface area contributed by atoms with Crippen LogP contribution in [0.2, 0.25) is 0 Å². The lowest BCUT2D eigenvalue weighted by Gasteiger charge is -2.19. The van der Waals surface area contributed by atoms with Crippen LogP contribution in [0.25, 0.3) is 17.3 Å². The summed E-state index contributed by atoms with van der Waals surface area (Å²) in [6.07, 6.45) is 3.75. The van der Waals surface area contributed by atoms with Gasteiger partial charge in [-0.15, -0.1) is 10.2 Å². The first-order chi connectivity index (χ1) is 18.3. The van der Waals surface area contributed by atoms with E-state index >= 15 is 0 Å². The van der Waals surface area contributed by atoms with Gasteiger partial charge in [-0.2, -0.15) is 0 Å². The first-order valence-electron chi connectivity index (χ1n) is 12.0. The average Bonchev–Trinajstić information content (AvgIpc) is 3.52. The molecule has 202 valence electrons. The summed E-state index contributed by atoms with van der Waals surface area (Å²) in [5, 5.41) is 7.81. The van der Waals surface area contributed by atoms with Crippen molar-refractivity contribution in [2.45, 2.75) is 37.7 Å². The van der Waals surface area contributed by atoms with Gasteiger partial charge in [0.25, 0.3) is 0 Å². The predicted octanol–water partition coefficient (Wildman–Crippen LogP) is 3.51. The Morgan fingerprint density at radius 1 is 0.974 bits per heavy atom. The molecule has 0 fully saturated rings. The zero-order valence-corrected chi connectivity index (χ0v) is 22.9. The van der Waals surface area contributed by atoms with Crippen LogP contribution in [0.1, 0.15) is 29.4 Å². The van der Waals surface area contributed by atoms with Crippen molar-refractivity contribution < 1.29 is 27.0 Å². The van der Waals surface area contributed by atoms with Crippen LogP contribution in [0.15, 0.2) is 47.1 Å². The molecule has 0 saturated heterocycles. The number of aryl methyl sites for hydroxylation is 2. The topological polar surface area (TPSA) is 131 Å². The number of aromatic nitrogens is 5. The van der Waals surface area contributed by atoms with Crippen LogP contribution in [0.3, 0.4) is 0 Å². The summed E-state index contributed by atoms with van der Waals surface area (Å²) in [6, 6.07) is 8.84. The molecular weight excluding hydrogens is 510 g/mol. The summed E-state index contributed by atoms with van der Waals surface area (Å²) in [6.45, 7) is 3.95. The molecule has 11 nitrogen and oxygen atoms in total. The zero-order valence-electron chi connectivity index (χ0n) is 22.0. The summed E-state index contributed by atoms with van der Waals surface area (Å²) in [5.74, 6) is 2.56. The van der Waals surface area contributed by atoms with Gasteiger partial charge in [-0.3, -0.25) is 4.57 Å². The van der Waals surface area contributed by atoms with E-state index in [-0.39, 0.29) is 25.3 Å². The number of nitrogens with zero attached hydrogens (tertiary/aromatic N) is 5. The third-order valence-corrected chi connectivity index (χ3v) is 8.12. The number of furan rings is 1. The highest BCUT2D eigenvalue weighted by atomic mass is 32.2. The van der Waals surface area contributed by atoms with Gasteiger partial charge < -0.3 is 18.6 Å². The van der Waals surface area contributed by atoms with Crippen molar-refractivity contribution in [2.75, 3.05) is 27.9 Å². The number of sulfone groups is 1. The van der Waals surface area contributed by atoms with Crippen molar-refractivity contribution in [3.63, 3.8) is 0 Å². The first kappa shape index (κ1) is 27.3. The molecule has 0 aliphatic carbocycles. The fourth-order valence-corrected chi connectivity index (χ4v) is 5.74. The molecule has 0 radical (unpaired) electrons. The summed E-state index contributed by atoms with van der Waals surface area (Å²) < 4.78 is 51.6. The summed E-state index contributed by atoms with van der Waals surface area (Å²) in [7, 11) is 0.803. The molecule has 0 bridgehead atoms. The van der Waals surface area contributed by atoms with E-state index < -0.39 is 20.8 Å². The second kappa shape index (κ2) is 11.7. The lowest BCUT2D eigenvalue weighted by atomic mass is 10.2. The number of methoxy groups -OCH3 is 3. The minimum absolute atomic E-state index is 0.141. The van der Waals surface area contributed by atoms with E-state index in [9.17, 15) is 8.42 Å². The van der Waals surface area contributed by atoms with Crippen molar-refractivity contribution in [3.05, 3.63) is 65.7 Å². The second-order valence-corrected chi connectivity index (χ2v) is 11.1. The van der Waals surface area contributed by atoms with Gasteiger partial charge in [-0.05, 0) is 50.1 Å². The number of para-hydroxylation sites is 1. The van der Waals surface area contributed by atoms with Crippen LogP contribution >= 0.6 is 0 Å². The van der Waals surface area contributed by atoms with Crippen molar-refractivity contribution in [1.29, 1.82) is 0 Å². The van der Waals surface area contributed by atoms with Crippen molar-refractivity contribution in [2.24, 2.45) is 0 Å². The number of hydrogen-bond acceptors (Lipinski definition) is 10. The molecule has 0 saturated carbocycles.